The van der Waals surface area contributed by atoms with E-state index in [2.05, 4.69) is 4.98 Å². The monoisotopic (exact) mass is 271 g/mol. The number of rotatable bonds is 2. The molecule has 0 spiro atoms. The molecule has 102 valence electrons. The Bertz CT molecular complexity index is 795. The van der Waals surface area contributed by atoms with Crippen LogP contribution in [-0.4, -0.2) is 9.55 Å². The van der Waals surface area contributed by atoms with Gasteiger partial charge in [-0.1, -0.05) is 0 Å². The Hall–Kier alpha value is -2.56. The number of anilines is 1. The second-order valence-electron chi connectivity index (χ2n) is 4.75. The van der Waals surface area contributed by atoms with Gasteiger partial charge in [0.15, 0.2) is 0 Å². The third-order valence-electron chi connectivity index (χ3n) is 3.22. The lowest BCUT2D eigenvalue weighted by Gasteiger charge is -2.10. The maximum Gasteiger partial charge on any atom is 0.149 e. The Kier molecular flexibility index (Phi) is 2.82. The van der Waals surface area contributed by atoms with Crippen LogP contribution in [-0.2, 0) is 7.05 Å². The fourth-order valence-electron chi connectivity index (χ4n) is 2.10. The maximum absolute atomic E-state index is 13.5. The topological polar surface area (TPSA) is 53.1 Å². The van der Waals surface area contributed by atoms with Crippen LogP contribution in [0.5, 0.6) is 11.5 Å². The highest BCUT2D eigenvalue weighted by Gasteiger charge is 2.08. The number of aromatic nitrogens is 2. The van der Waals surface area contributed by atoms with Crippen LogP contribution in [0.15, 0.2) is 36.7 Å². The van der Waals surface area contributed by atoms with Crippen LogP contribution in [0.3, 0.4) is 0 Å². The van der Waals surface area contributed by atoms with Gasteiger partial charge < -0.3 is 15.0 Å². The molecule has 20 heavy (non-hydrogen) atoms. The van der Waals surface area contributed by atoms with Gasteiger partial charge in [-0.15, -0.1) is 0 Å². The SMILES string of the molecule is Cc1cc(N)c(F)cc1Oc1ccc2c(c1)ncn2C. The number of ether oxygens (including phenoxy) is 1. The molecule has 0 radical (unpaired) electrons. The number of benzene rings is 2. The molecule has 0 fully saturated rings. The first-order valence-electron chi connectivity index (χ1n) is 6.19. The Morgan fingerprint density at radius 3 is 2.85 bits per heavy atom. The van der Waals surface area contributed by atoms with E-state index < -0.39 is 5.82 Å². The van der Waals surface area contributed by atoms with E-state index in [4.69, 9.17) is 10.5 Å². The van der Waals surface area contributed by atoms with Crippen molar-refractivity contribution in [3.8, 4) is 11.5 Å². The Balaban J connectivity index is 1.98. The molecule has 2 N–H and O–H groups in total. The number of nitrogen functional groups attached to an aromatic ring is 1. The Morgan fingerprint density at radius 1 is 1.25 bits per heavy atom. The zero-order chi connectivity index (χ0) is 14.3. The number of hydrogen-bond donors (Lipinski definition) is 1. The molecular formula is C15H14FN3O. The van der Waals surface area contributed by atoms with Gasteiger partial charge in [0.1, 0.15) is 17.3 Å². The zero-order valence-corrected chi connectivity index (χ0v) is 11.2. The van der Waals surface area contributed by atoms with E-state index in [1.807, 2.05) is 36.7 Å². The molecule has 4 nitrogen and oxygen atoms in total. The van der Waals surface area contributed by atoms with Crippen LogP contribution < -0.4 is 10.5 Å². The minimum absolute atomic E-state index is 0.120. The van der Waals surface area contributed by atoms with Gasteiger partial charge in [-0.25, -0.2) is 9.37 Å². The summed E-state index contributed by atoms with van der Waals surface area (Å²) in [4.78, 5) is 4.26. The number of hydrogen-bond acceptors (Lipinski definition) is 3. The first-order valence-corrected chi connectivity index (χ1v) is 6.19. The summed E-state index contributed by atoms with van der Waals surface area (Å²) in [5, 5.41) is 0. The highest BCUT2D eigenvalue weighted by atomic mass is 19.1. The van der Waals surface area contributed by atoms with E-state index in [0.29, 0.717) is 11.5 Å². The number of aryl methyl sites for hydroxylation is 2. The molecule has 0 amide bonds. The van der Waals surface area contributed by atoms with Crippen molar-refractivity contribution in [2.45, 2.75) is 6.92 Å². The number of halogens is 1. The van der Waals surface area contributed by atoms with Crippen molar-refractivity contribution in [3.63, 3.8) is 0 Å². The van der Waals surface area contributed by atoms with Gasteiger partial charge in [0.2, 0.25) is 0 Å². The van der Waals surface area contributed by atoms with E-state index in [9.17, 15) is 4.39 Å². The van der Waals surface area contributed by atoms with Crippen LogP contribution in [0.4, 0.5) is 10.1 Å². The van der Waals surface area contributed by atoms with Crippen molar-refractivity contribution < 1.29 is 9.13 Å². The minimum Gasteiger partial charge on any atom is -0.457 e. The third-order valence-corrected chi connectivity index (χ3v) is 3.22. The van der Waals surface area contributed by atoms with Gasteiger partial charge in [-0.05, 0) is 30.7 Å². The van der Waals surface area contributed by atoms with Crippen LogP contribution in [0.2, 0.25) is 0 Å². The molecule has 5 heteroatoms. The second-order valence-corrected chi connectivity index (χ2v) is 4.75. The van der Waals surface area contributed by atoms with Gasteiger partial charge in [-0.3, -0.25) is 0 Å². The first kappa shape index (κ1) is 12.5. The van der Waals surface area contributed by atoms with Crippen molar-refractivity contribution in [3.05, 3.63) is 48.0 Å². The Morgan fingerprint density at radius 2 is 2.05 bits per heavy atom. The lowest BCUT2D eigenvalue weighted by molar-refractivity contribution is 0.474. The summed E-state index contributed by atoms with van der Waals surface area (Å²) in [7, 11) is 1.93. The van der Waals surface area contributed by atoms with Crippen molar-refractivity contribution in [2.75, 3.05) is 5.73 Å². The van der Waals surface area contributed by atoms with Gasteiger partial charge in [0.05, 0.1) is 23.0 Å². The fraction of sp³-hybridized carbons (Fsp3) is 0.133. The van der Waals surface area contributed by atoms with Gasteiger partial charge in [-0.2, -0.15) is 0 Å². The molecule has 0 atom stereocenters. The van der Waals surface area contributed by atoms with E-state index >= 15 is 0 Å². The largest absolute Gasteiger partial charge is 0.457 e. The van der Waals surface area contributed by atoms with Gasteiger partial charge in [0, 0.05) is 19.2 Å². The Labute approximate surface area is 115 Å². The molecule has 3 aromatic rings. The molecule has 0 saturated heterocycles. The summed E-state index contributed by atoms with van der Waals surface area (Å²) in [6, 6.07) is 8.43. The van der Waals surface area contributed by atoms with Crippen LogP contribution >= 0.6 is 0 Å². The predicted molar refractivity (Wildman–Crippen MR) is 76.3 cm³/mol. The number of nitrogens with zero attached hydrogens (tertiary/aromatic N) is 2. The lowest BCUT2D eigenvalue weighted by atomic mass is 10.2. The lowest BCUT2D eigenvalue weighted by Crippen LogP contribution is -1.95. The average Bonchev–Trinajstić information content (AvgIpc) is 2.77. The molecule has 2 aromatic carbocycles. The van der Waals surface area contributed by atoms with Crippen molar-refractivity contribution in [1.82, 2.24) is 9.55 Å². The summed E-state index contributed by atoms with van der Waals surface area (Å²) in [5.74, 6) is 0.583. The molecule has 1 heterocycles. The molecule has 0 unspecified atom stereocenters. The summed E-state index contributed by atoms with van der Waals surface area (Å²) in [6.45, 7) is 1.82. The summed E-state index contributed by atoms with van der Waals surface area (Å²) >= 11 is 0. The highest BCUT2D eigenvalue weighted by Crippen LogP contribution is 2.29. The van der Waals surface area contributed by atoms with Crippen molar-refractivity contribution in [1.29, 1.82) is 0 Å². The smallest absolute Gasteiger partial charge is 0.149 e. The summed E-state index contributed by atoms with van der Waals surface area (Å²) in [6.07, 6.45) is 1.74. The zero-order valence-electron chi connectivity index (χ0n) is 11.2. The van der Waals surface area contributed by atoms with Crippen LogP contribution in [0.1, 0.15) is 5.56 Å². The average molecular weight is 271 g/mol. The van der Waals surface area contributed by atoms with E-state index in [1.165, 1.54) is 6.07 Å². The molecular weight excluding hydrogens is 257 g/mol. The van der Waals surface area contributed by atoms with Crippen LogP contribution in [0.25, 0.3) is 11.0 Å². The normalized spacial score (nSPS) is 10.9. The van der Waals surface area contributed by atoms with Crippen molar-refractivity contribution >= 4 is 16.7 Å². The first-order chi connectivity index (χ1) is 9.54. The second kappa shape index (κ2) is 4.52. The standard InChI is InChI=1S/C15H14FN3O/c1-9-5-12(17)11(16)7-15(9)20-10-3-4-14-13(6-10)18-8-19(14)2/h3-8H,17H2,1-2H3. The molecule has 0 aliphatic carbocycles. The van der Waals surface area contributed by atoms with Crippen LogP contribution in [0, 0.1) is 12.7 Å². The third kappa shape index (κ3) is 2.07. The molecule has 1 aromatic heterocycles. The van der Waals surface area contributed by atoms with Crippen molar-refractivity contribution in [2.24, 2.45) is 7.05 Å². The summed E-state index contributed by atoms with van der Waals surface area (Å²) < 4.78 is 21.1. The molecule has 0 aliphatic rings. The quantitative estimate of drug-likeness (QED) is 0.727. The summed E-state index contributed by atoms with van der Waals surface area (Å²) in [5.41, 5.74) is 8.26. The molecule has 0 aliphatic heterocycles. The number of nitrogens with two attached hydrogens (primary N) is 1. The molecule has 0 saturated carbocycles. The van der Waals surface area contributed by atoms with Gasteiger partial charge in [0.25, 0.3) is 0 Å². The van der Waals surface area contributed by atoms with E-state index in [1.54, 1.807) is 12.4 Å². The minimum atomic E-state index is -0.482. The highest BCUT2D eigenvalue weighted by molar-refractivity contribution is 5.77. The maximum atomic E-state index is 13.5. The van der Waals surface area contributed by atoms with Gasteiger partial charge >= 0.3 is 0 Å². The predicted octanol–water partition coefficient (Wildman–Crippen LogP) is 3.40. The number of fused-ring (bicyclic) bond motifs is 1. The molecule has 3 rings (SSSR count). The number of imidazole rings is 1. The van der Waals surface area contributed by atoms with E-state index in [-0.39, 0.29) is 5.69 Å². The van der Waals surface area contributed by atoms with E-state index in [0.717, 1.165) is 16.6 Å². The molecule has 0 bridgehead atoms. The fourth-order valence-corrected chi connectivity index (χ4v) is 2.10.